The number of nitrogens with zero attached hydrogens (tertiary/aromatic N) is 5. The number of esters is 1. The number of anilines is 2. The molecule has 0 bridgehead atoms. The highest BCUT2D eigenvalue weighted by Gasteiger charge is 2.25. The molecule has 12 heteroatoms. The molecule has 1 aromatic heterocycles. The maximum Gasteiger partial charge on any atom is 0.369 e. The summed E-state index contributed by atoms with van der Waals surface area (Å²) in [5.74, 6) is -0.551. The number of benzene rings is 1. The lowest BCUT2D eigenvalue weighted by Gasteiger charge is -2.38. The summed E-state index contributed by atoms with van der Waals surface area (Å²) in [7, 11) is -2.87. The van der Waals surface area contributed by atoms with Crippen molar-refractivity contribution in [3.05, 3.63) is 22.7 Å². The van der Waals surface area contributed by atoms with E-state index in [4.69, 9.17) is 4.74 Å². The minimum absolute atomic E-state index is 0.0954. The third kappa shape index (κ3) is 5.56. The first-order chi connectivity index (χ1) is 15.0. The SMILES string of the molecule is CCCOC(=O)c1nnc(N=Nc2cc3c(cc2N[SH](=O)=O)N(CC)C(CC)CC3)s1. The van der Waals surface area contributed by atoms with Crippen molar-refractivity contribution < 1.29 is 17.9 Å². The summed E-state index contributed by atoms with van der Waals surface area (Å²) in [4.78, 5) is 14.2. The van der Waals surface area contributed by atoms with Gasteiger partial charge in [-0.3, -0.25) is 4.72 Å². The molecule has 2 aromatic rings. The molecule has 3 rings (SSSR count). The van der Waals surface area contributed by atoms with Crippen LogP contribution in [0.4, 0.5) is 22.2 Å². The van der Waals surface area contributed by atoms with E-state index in [0.29, 0.717) is 30.4 Å². The average molecular weight is 467 g/mol. The number of rotatable bonds is 9. The van der Waals surface area contributed by atoms with Crippen LogP contribution in [-0.2, 0) is 22.0 Å². The Balaban J connectivity index is 1.90. The van der Waals surface area contributed by atoms with Gasteiger partial charge in [0.25, 0.3) is 5.13 Å². The average Bonchev–Trinajstić information content (AvgIpc) is 3.24. The Labute approximate surface area is 186 Å². The van der Waals surface area contributed by atoms with E-state index in [2.05, 4.69) is 43.9 Å². The van der Waals surface area contributed by atoms with Gasteiger partial charge in [0.15, 0.2) is 0 Å². The third-order valence-corrected chi connectivity index (χ3v) is 6.20. The van der Waals surface area contributed by atoms with Gasteiger partial charge in [0.05, 0.1) is 12.3 Å². The molecule has 1 unspecified atom stereocenters. The van der Waals surface area contributed by atoms with Crippen LogP contribution in [0.3, 0.4) is 0 Å². The number of ether oxygens (including phenoxy) is 1. The Kier molecular flexibility index (Phi) is 7.91. The first-order valence-electron chi connectivity index (χ1n) is 10.2. The molecular formula is C19H26N6O4S2. The number of carbonyl (C=O) groups excluding carboxylic acids is 1. The zero-order valence-corrected chi connectivity index (χ0v) is 19.4. The first-order valence-corrected chi connectivity index (χ1v) is 12.2. The number of hydrogen-bond acceptors (Lipinski definition) is 10. The van der Waals surface area contributed by atoms with E-state index in [-0.39, 0.29) is 10.1 Å². The van der Waals surface area contributed by atoms with E-state index in [1.165, 1.54) is 0 Å². The molecule has 0 amide bonds. The zero-order valence-electron chi connectivity index (χ0n) is 17.7. The monoisotopic (exact) mass is 466 g/mol. The molecule has 0 aliphatic carbocycles. The van der Waals surface area contributed by atoms with Crippen LogP contribution in [0.25, 0.3) is 0 Å². The fraction of sp³-hybridized carbons (Fsp3) is 0.526. The molecular weight excluding hydrogens is 440 g/mol. The summed E-state index contributed by atoms with van der Waals surface area (Å²) in [5.41, 5.74) is 2.83. The molecule has 0 saturated heterocycles. The Morgan fingerprint density at radius 3 is 2.77 bits per heavy atom. The number of hydrogen-bond donors (Lipinski definition) is 2. The molecule has 1 N–H and O–H groups in total. The highest BCUT2D eigenvalue weighted by atomic mass is 32.2. The quantitative estimate of drug-likeness (QED) is 0.325. The van der Waals surface area contributed by atoms with Crippen LogP contribution in [0.15, 0.2) is 22.4 Å². The standard InChI is InChI=1S/C19H26N6O4S2/c1-4-9-29-18(26)17-21-23-19(30-17)22-20-14-10-12-7-8-13(5-2)25(6-3)16(12)11-15(14)24-31(27)28/h10-11,13,31H,4-9H2,1-3H3,(H,24,27,28). The summed E-state index contributed by atoms with van der Waals surface area (Å²) in [6.45, 7) is 7.28. The van der Waals surface area contributed by atoms with Gasteiger partial charge >= 0.3 is 5.97 Å². The lowest BCUT2D eigenvalue weighted by molar-refractivity contribution is 0.0503. The van der Waals surface area contributed by atoms with Crippen molar-refractivity contribution in [1.29, 1.82) is 0 Å². The number of aryl methyl sites for hydroxylation is 1. The third-order valence-electron chi connectivity index (χ3n) is 4.99. The summed E-state index contributed by atoms with van der Waals surface area (Å²) in [6.07, 6.45) is 3.63. The van der Waals surface area contributed by atoms with Crippen LogP contribution in [0.5, 0.6) is 0 Å². The molecule has 0 fully saturated rings. The van der Waals surface area contributed by atoms with E-state index in [1.807, 2.05) is 19.1 Å². The maximum absolute atomic E-state index is 11.9. The van der Waals surface area contributed by atoms with Gasteiger partial charge < -0.3 is 9.64 Å². The number of thiol groups is 1. The fourth-order valence-electron chi connectivity index (χ4n) is 3.58. The Bertz CT molecular complexity index is 1030. The largest absolute Gasteiger partial charge is 0.460 e. The van der Waals surface area contributed by atoms with Gasteiger partial charge in [-0.15, -0.1) is 20.4 Å². The van der Waals surface area contributed by atoms with Crippen molar-refractivity contribution in [2.45, 2.75) is 52.5 Å². The topological polar surface area (TPSA) is 126 Å². The molecule has 1 aliphatic rings. The molecule has 1 aromatic carbocycles. The van der Waals surface area contributed by atoms with Crippen LogP contribution in [0, 0.1) is 0 Å². The second kappa shape index (κ2) is 10.6. The highest BCUT2D eigenvalue weighted by Crippen LogP contribution is 2.39. The minimum atomic E-state index is -2.87. The zero-order chi connectivity index (χ0) is 22.4. The number of carbonyl (C=O) groups is 1. The molecule has 31 heavy (non-hydrogen) atoms. The Morgan fingerprint density at radius 1 is 1.29 bits per heavy atom. The maximum atomic E-state index is 11.9. The van der Waals surface area contributed by atoms with Crippen molar-refractivity contribution in [2.24, 2.45) is 10.2 Å². The van der Waals surface area contributed by atoms with Crippen LogP contribution >= 0.6 is 11.3 Å². The van der Waals surface area contributed by atoms with E-state index < -0.39 is 16.9 Å². The Morgan fingerprint density at radius 2 is 2.10 bits per heavy atom. The summed E-state index contributed by atoms with van der Waals surface area (Å²) >= 11 is 0.961. The number of nitrogens with one attached hydrogen (secondary N) is 1. The molecule has 10 nitrogen and oxygen atoms in total. The van der Waals surface area contributed by atoms with Crippen molar-refractivity contribution in [2.75, 3.05) is 22.8 Å². The fourth-order valence-corrected chi connectivity index (χ4v) is 4.51. The van der Waals surface area contributed by atoms with Crippen LogP contribution in [0.2, 0.25) is 0 Å². The van der Waals surface area contributed by atoms with Gasteiger partial charge in [-0.25, -0.2) is 13.2 Å². The van der Waals surface area contributed by atoms with Gasteiger partial charge in [0.1, 0.15) is 5.69 Å². The smallest absolute Gasteiger partial charge is 0.369 e. The van der Waals surface area contributed by atoms with E-state index >= 15 is 0 Å². The van der Waals surface area contributed by atoms with E-state index in [0.717, 1.165) is 48.4 Å². The summed E-state index contributed by atoms with van der Waals surface area (Å²) < 4.78 is 30.2. The summed E-state index contributed by atoms with van der Waals surface area (Å²) in [5, 5.41) is 16.2. The molecule has 0 spiro atoms. The van der Waals surface area contributed by atoms with Crippen LogP contribution in [-0.4, -0.2) is 43.8 Å². The molecule has 1 aliphatic heterocycles. The predicted molar refractivity (Wildman–Crippen MR) is 120 cm³/mol. The summed E-state index contributed by atoms with van der Waals surface area (Å²) in [6, 6.07) is 4.09. The molecule has 1 atom stereocenters. The van der Waals surface area contributed by atoms with E-state index in [1.54, 1.807) is 0 Å². The second-order valence-corrected chi connectivity index (χ2v) is 8.67. The van der Waals surface area contributed by atoms with Gasteiger partial charge in [-0.2, -0.15) is 0 Å². The van der Waals surface area contributed by atoms with Crippen LogP contribution in [0.1, 0.15) is 55.4 Å². The van der Waals surface area contributed by atoms with Crippen molar-refractivity contribution in [1.82, 2.24) is 10.2 Å². The molecule has 0 radical (unpaired) electrons. The lowest BCUT2D eigenvalue weighted by Crippen LogP contribution is -2.38. The normalized spacial score (nSPS) is 16.0. The van der Waals surface area contributed by atoms with E-state index in [9.17, 15) is 13.2 Å². The molecule has 168 valence electrons. The van der Waals surface area contributed by atoms with Gasteiger partial charge in [-0.05, 0) is 50.3 Å². The molecule has 2 heterocycles. The van der Waals surface area contributed by atoms with Gasteiger partial charge in [-0.1, -0.05) is 25.2 Å². The van der Waals surface area contributed by atoms with Crippen molar-refractivity contribution in [3.8, 4) is 0 Å². The molecule has 0 saturated carbocycles. The second-order valence-electron chi connectivity index (χ2n) is 6.98. The minimum Gasteiger partial charge on any atom is -0.460 e. The van der Waals surface area contributed by atoms with Crippen LogP contribution < -0.4 is 9.62 Å². The number of azo groups is 1. The van der Waals surface area contributed by atoms with Crippen molar-refractivity contribution >= 4 is 50.4 Å². The predicted octanol–water partition coefficient (Wildman–Crippen LogP) is 4.01. The Hall–Kier alpha value is -2.60. The lowest BCUT2D eigenvalue weighted by atomic mass is 9.93. The van der Waals surface area contributed by atoms with Crippen molar-refractivity contribution in [3.63, 3.8) is 0 Å². The highest BCUT2D eigenvalue weighted by molar-refractivity contribution is 7.73. The first kappa shape index (κ1) is 23.1. The number of aromatic nitrogens is 2. The number of fused-ring (bicyclic) bond motifs is 1. The van der Waals surface area contributed by atoms with Gasteiger partial charge in [0, 0.05) is 18.3 Å². The van der Waals surface area contributed by atoms with Gasteiger partial charge in [0.2, 0.25) is 15.9 Å².